The predicted octanol–water partition coefficient (Wildman–Crippen LogP) is 4.49. The van der Waals surface area contributed by atoms with E-state index in [1.54, 1.807) is 20.8 Å². The largest absolute Gasteiger partial charge is 0.388 e. The molecule has 2 aromatic heterocycles. The van der Waals surface area contributed by atoms with Crippen molar-refractivity contribution < 1.29 is 23.4 Å². The lowest BCUT2D eigenvalue weighted by atomic mass is 10.0. The molecule has 0 bridgehead atoms. The smallest absolute Gasteiger partial charge is 0.224 e. The minimum atomic E-state index is -1.33. The van der Waals surface area contributed by atoms with Crippen LogP contribution in [0.15, 0.2) is 54.7 Å². The van der Waals surface area contributed by atoms with Gasteiger partial charge in [-0.1, -0.05) is 18.2 Å². The van der Waals surface area contributed by atoms with Crippen LogP contribution in [0.1, 0.15) is 38.1 Å². The lowest BCUT2D eigenvalue weighted by Gasteiger charge is -2.26. The highest BCUT2D eigenvalue weighted by Gasteiger charge is 2.26. The number of halogens is 3. The number of rotatable bonds is 6. The zero-order chi connectivity index (χ0) is 23.9. The molecule has 0 aliphatic heterocycles. The van der Waals surface area contributed by atoms with Crippen LogP contribution in [-0.4, -0.2) is 36.4 Å². The summed E-state index contributed by atoms with van der Waals surface area (Å²) in [6.07, 6.45) is 0.128. The van der Waals surface area contributed by atoms with Gasteiger partial charge < -0.3 is 15.5 Å². The van der Waals surface area contributed by atoms with E-state index in [2.05, 4.69) is 15.3 Å². The number of para-hydroxylation sites is 1. The van der Waals surface area contributed by atoms with E-state index in [1.807, 2.05) is 0 Å². The first-order valence-corrected chi connectivity index (χ1v) is 10.3. The molecule has 0 radical (unpaired) electrons. The Labute approximate surface area is 188 Å². The van der Waals surface area contributed by atoms with Crippen LogP contribution in [-0.2, 0) is 0 Å². The molecule has 1 unspecified atom stereocenters. The number of benzene rings is 2. The Kier molecular flexibility index (Phi) is 5.85. The van der Waals surface area contributed by atoms with Crippen molar-refractivity contribution in [2.45, 2.75) is 38.5 Å². The molecule has 0 fully saturated rings. The number of hydrogen-bond acceptors (Lipinski definition) is 5. The Balaban J connectivity index is 1.93. The van der Waals surface area contributed by atoms with Gasteiger partial charge in [-0.15, -0.1) is 0 Å². The summed E-state index contributed by atoms with van der Waals surface area (Å²) in [5.74, 6) is -2.04. The third-order valence-corrected chi connectivity index (χ3v) is 5.60. The van der Waals surface area contributed by atoms with Gasteiger partial charge in [-0.25, -0.2) is 18.2 Å². The maximum Gasteiger partial charge on any atom is 0.224 e. The fourth-order valence-corrected chi connectivity index (χ4v) is 3.40. The van der Waals surface area contributed by atoms with Crippen molar-refractivity contribution in [1.82, 2.24) is 14.5 Å². The minimum absolute atomic E-state index is 0.127. The van der Waals surface area contributed by atoms with Gasteiger partial charge in [-0.2, -0.15) is 4.98 Å². The summed E-state index contributed by atoms with van der Waals surface area (Å²) in [5.41, 5.74) is -0.886. The SMILES string of the molecule is C[C@H](Nc1ncc2cc(C(O)c3ccc(F)cc3)n(-c3c(F)cccc3F)c2n1)C(C)(C)O. The van der Waals surface area contributed by atoms with Gasteiger partial charge in [0.15, 0.2) is 5.65 Å². The second-order valence-corrected chi connectivity index (χ2v) is 8.42. The Morgan fingerprint density at radius 1 is 1.03 bits per heavy atom. The van der Waals surface area contributed by atoms with Crippen LogP contribution in [0.2, 0.25) is 0 Å². The van der Waals surface area contributed by atoms with Gasteiger partial charge in [0.25, 0.3) is 0 Å². The lowest BCUT2D eigenvalue weighted by molar-refractivity contribution is 0.0646. The molecule has 2 heterocycles. The van der Waals surface area contributed by atoms with Crippen molar-refractivity contribution in [3.8, 4) is 5.69 Å². The minimum Gasteiger partial charge on any atom is -0.388 e. The summed E-state index contributed by atoms with van der Waals surface area (Å²) in [7, 11) is 0. The highest BCUT2D eigenvalue weighted by Crippen LogP contribution is 2.33. The van der Waals surface area contributed by atoms with Gasteiger partial charge >= 0.3 is 0 Å². The van der Waals surface area contributed by atoms with Crippen molar-refractivity contribution in [1.29, 1.82) is 0 Å². The molecule has 33 heavy (non-hydrogen) atoms. The Morgan fingerprint density at radius 2 is 1.67 bits per heavy atom. The van der Waals surface area contributed by atoms with E-state index < -0.39 is 40.9 Å². The number of aliphatic hydroxyl groups excluding tert-OH is 1. The summed E-state index contributed by atoms with van der Waals surface area (Å²) < 4.78 is 44.2. The number of aliphatic hydroxyl groups is 2. The highest BCUT2D eigenvalue weighted by atomic mass is 19.1. The average molecular weight is 456 g/mol. The molecule has 2 atom stereocenters. The molecular formula is C24H23F3N4O2. The van der Waals surface area contributed by atoms with Crippen LogP contribution < -0.4 is 5.32 Å². The van der Waals surface area contributed by atoms with Crippen LogP contribution in [0.3, 0.4) is 0 Å². The monoisotopic (exact) mass is 456 g/mol. The highest BCUT2D eigenvalue weighted by molar-refractivity contribution is 5.80. The molecule has 0 aliphatic rings. The van der Waals surface area contributed by atoms with Gasteiger partial charge in [0.2, 0.25) is 5.95 Å². The topological polar surface area (TPSA) is 83.2 Å². The van der Waals surface area contributed by atoms with Crippen LogP contribution in [0.25, 0.3) is 16.7 Å². The molecule has 4 rings (SSSR count). The third kappa shape index (κ3) is 4.42. The molecular weight excluding hydrogens is 433 g/mol. The molecule has 3 N–H and O–H groups in total. The van der Waals surface area contributed by atoms with E-state index in [4.69, 9.17) is 0 Å². The van der Waals surface area contributed by atoms with Crippen molar-refractivity contribution >= 4 is 17.0 Å². The molecule has 0 spiro atoms. The van der Waals surface area contributed by atoms with Crippen LogP contribution in [0.4, 0.5) is 19.1 Å². The number of anilines is 1. The first-order chi connectivity index (χ1) is 15.6. The second kappa shape index (κ2) is 8.49. The molecule has 0 saturated carbocycles. The van der Waals surface area contributed by atoms with E-state index in [0.717, 1.165) is 12.1 Å². The van der Waals surface area contributed by atoms with E-state index in [9.17, 15) is 23.4 Å². The molecule has 6 nitrogen and oxygen atoms in total. The van der Waals surface area contributed by atoms with E-state index in [-0.39, 0.29) is 17.3 Å². The van der Waals surface area contributed by atoms with Crippen LogP contribution >= 0.6 is 0 Å². The number of nitrogens with one attached hydrogen (secondary N) is 1. The van der Waals surface area contributed by atoms with Gasteiger partial charge in [0.05, 0.1) is 17.3 Å². The van der Waals surface area contributed by atoms with Crippen molar-refractivity contribution in [2.75, 3.05) is 5.32 Å². The molecule has 0 saturated heterocycles. The Bertz CT molecular complexity index is 1280. The number of hydrogen-bond donors (Lipinski definition) is 3. The predicted molar refractivity (Wildman–Crippen MR) is 119 cm³/mol. The van der Waals surface area contributed by atoms with Crippen LogP contribution in [0, 0.1) is 17.5 Å². The first kappa shape index (κ1) is 22.8. The van der Waals surface area contributed by atoms with Crippen LogP contribution in [0.5, 0.6) is 0 Å². The fraction of sp³-hybridized carbons (Fsp3) is 0.250. The number of aromatic nitrogens is 3. The molecule has 4 aromatic rings. The van der Waals surface area contributed by atoms with E-state index in [0.29, 0.717) is 10.9 Å². The summed E-state index contributed by atoms with van der Waals surface area (Å²) in [6, 6.07) is 9.70. The van der Waals surface area contributed by atoms with Gasteiger partial charge in [-0.3, -0.25) is 4.57 Å². The maximum atomic E-state index is 14.8. The molecule has 9 heteroatoms. The van der Waals surface area contributed by atoms with Crippen molar-refractivity contribution in [3.05, 3.63) is 83.4 Å². The van der Waals surface area contributed by atoms with E-state index >= 15 is 0 Å². The molecule has 172 valence electrons. The molecule has 0 amide bonds. The quantitative estimate of drug-likeness (QED) is 0.398. The van der Waals surface area contributed by atoms with Gasteiger partial charge in [0, 0.05) is 11.6 Å². The normalized spacial score (nSPS) is 13.8. The van der Waals surface area contributed by atoms with Gasteiger partial charge in [0.1, 0.15) is 29.2 Å². The standard InChI is InChI=1S/C24H23F3N4O2/c1-13(24(2,3)33)29-23-28-12-15-11-19(21(32)14-7-9-16(25)10-8-14)31(22(15)30-23)20-17(26)5-4-6-18(20)27/h4-13,21,32-33H,1-3H3,(H,28,29,30)/t13-,21?/m0/s1. The first-order valence-electron chi connectivity index (χ1n) is 10.3. The Hall–Kier alpha value is -3.43. The Morgan fingerprint density at radius 3 is 2.27 bits per heavy atom. The average Bonchev–Trinajstić information content (AvgIpc) is 3.11. The summed E-state index contributed by atoms with van der Waals surface area (Å²) >= 11 is 0. The summed E-state index contributed by atoms with van der Waals surface area (Å²) in [6.45, 7) is 4.99. The third-order valence-electron chi connectivity index (χ3n) is 5.60. The summed E-state index contributed by atoms with van der Waals surface area (Å²) in [5, 5.41) is 24.7. The van der Waals surface area contributed by atoms with E-state index in [1.165, 1.54) is 47.2 Å². The number of nitrogens with zero attached hydrogens (tertiary/aromatic N) is 3. The zero-order valence-electron chi connectivity index (χ0n) is 18.2. The van der Waals surface area contributed by atoms with Crippen molar-refractivity contribution in [2.24, 2.45) is 0 Å². The molecule has 0 aliphatic carbocycles. The molecule has 2 aromatic carbocycles. The number of fused-ring (bicyclic) bond motifs is 1. The van der Waals surface area contributed by atoms with Gasteiger partial charge in [-0.05, 0) is 56.7 Å². The fourth-order valence-electron chi connectivity index (χ4n) is 3.40. The zero-order valence-corrected chi connectivity index (χ0v) is 18.2. The summed E-state index contributed by atoms with van der Waals surface area (Å²) in [4.78, 5) is 8.65. The maximum absolute atomic E-state index is 14.8. The lowest BCUT2D eigenvalue weighted by Crippen LogP contribution is -2.39. The second-order valence-electron chi connectivity index (χ2n) is 8.42. The van der Waals surface area contributed by atoms with Crippen molar-refractivity contribution in [3.63, 3.8) is 0 Å².